The van der Waals surface area contributed by atoms with E-state index in [0.717, 1.165) is 11.1 Å². The molecule has 2 aromatic rings. The third-order valence-corrected chi connectivity index (χ3v) is 2.54. The van der Waals surface area contributed by atoms with E-state index in [4.69, 9.17) is 5.73 Å². The van der Waals surface area contributed by atoms with Crippen molar-refractivity contribution >= 4 is 0 Å². The zero-order chi connectivity index (χ0) is 11.5. The molecule has 1 heterocycles. The summed E-state index contributed by atoms with van der Waals surface area (Å²) < 4.78 is 13.5. The average molecular weight is 216 g/mol. The Hall–Kier alpha value is -1.74. The Kier molecular flexibility index (Phi) is 2.97. The van der Waals surface area contributed by atoms with Gasteiger partial charge in [0.1, 0.15) is 5.82 Å². The Labute approximate surface area is 93.9 Å². The second-order valence-electron chi connectivity index (χ2n) is 3.79. The zero-order valence-corrected chi connectivity index (χ0v) is 9.02. The van der Waals surface area contributed by atoms with Crippen LogP contribution in [0.3, 0.4) is 0 Å². The summed E-state index contributed by atoms with van der Waals surface area (Å²) in [4.78, 5) is 3.71. The predicted molar refractivity (Wildman–Crippen MR) is 61.4 cm³/mol. The molecule has 0 aliphatic heterocycles. The highest BCUT2D eigenvalue weighted by Gasteiger charge is 2.12. The summed E-state index contributed by atoms with van der Waals surface area (Å²) >= 11 is 0. The van der Waals surface area contributed by atoms with Gasteiger partial charge in [-0.1, -0.05) is 29.8 Å². The Bertz CT molecular complexity index is 497. The molecule has 0 saturated heterocycles. The summed E-state index contributed by atoms with van der Waals surface area (Å²) in [5.74, 6) is -0.364. The normalized spacial score (nSPS) is 12.4. The molecule has 0 fully saturated rings. The molecule has 0 aliphatic rings. The van der Waals surface area contributed by atoms with Crippen molar-refractivity contribution in [1.82, 2.24) is 4.98 Å². The number of hydrogen-bond donors (Lipinski definition) is 1. The molecule has 82 valence electrons. The van der Waals surface area contributed by atoms with Gasteiger partial charge < -0.3 is 5.73 Å². The largest absolute Gasteiger partial charge is 0.320 e. The van der Waals surface area contributed by atoms with Gasteiger partial charge in [0.25, 0.3) is 0 Å². The number of benzene rings is 1. The maximum atomic E-state index is 13.5. The van der Waals surface area contributed by atoms with Crippen molar-refractivity contribution in [1.29, 1.82) is 0 Å². The minimum absolute atomic E-state index is 0.364. The summed E-state index contributed by atoms with van der Waals surface area (Å²) in [6, 6.07) is 8.94. The highest BCUT2D eigenvalue weighted by molar-refractivity contribution is 5.33. The number of pyridine rings is 1. The first-order valence-electron chi connectivity index (χ1n) is 5.10. The van der Waals surface area contributed by atoms with Crippen LogP contribution in [0.5, 0.6) is 0 Å². The van der Waals surface area contributed by atoms with E-state index in [0.29, 0.717) is 5.56 Å². The maximum Gasteiger partial charge on any atom is 0.146 e. The Morgan fingerprint density at radius 3 is 2.81 bits per heavy atom. The Balaban J connectivity index is 2.39. The van der Waals surface area contributed by atoms with Gasteiger partial charge in [0.05, 0.1) is 12.2 Å². The van der Waals surface area contributed by atoms with Gasteiger partial charge in [-0.15, -0.1) is 0 Å². The van der Waals surface area contributed by atoms with E-state index in [1.54, 1.807) is 12.3 Å². The van der Waals surface area contributed by atoms with Gasteiger partial charge in [0, 0.05) is 11.8 Å². The second-order valence-corrected chi connectivity index (χ2v) is 3.79. The minimum atomic E-state index is -0.442. The van der Waals surface area contributed by atoms with Gasteiger partial charge in [0.15, 0.2) is 0 Å². The highest BCUT2D eigenvalue weighted by atomic mass is 19.1. The van der Waals surface area contributed by atoms with Crippen molar-refractivity contribution in [2.75, 3.05) is 0 Å². The van der Waals surface area contributed by atoms with Crippen LogP contribution in [-0.2, 0) is 0 Å². The molecule has 1 unspecified atom stereocenters. The van der Waals surface area contributed by atoms with Gasteiger partial charge >= 0.3 is 0 Å². The van der Waals surface area contributed by atoms with Crippen LogP contribution in [0.15, 0.2) is 42.7 Å². The molecule has 3 heteroatoms. The molecular weight excluding hydrogens is 203 g/mol. The molecule has 0 radical (unpaired) electrons. The fourth-order valence-corrected chi connectivity index (χ4v) is 1.68. The van der Waals surface area contributed by atoms with E-state index >= 15 is 0 Å². The van der Waals surface area contributed by atoms with Crippen molar-refractivity contribution in [3.05, 3.63) is 65.2 Å². The van der Waals surface area contributed by atoms with E-state index in [1.165, 1.54) is 6.20 Å². The van der Waals surface area contributed by atoms with Gasteiger partial charge in [0.2, 0.25) is 0 Å². The molecule has 16 heavy (non-hydrogen) atoms. The minimum Gasteiger partial charge on any atom is -0.320 e. The van der Waals surface area contributed by atoms with E-state index in [2.05, 4.69) is 4.98 Å². The number of hydrogen-bond acceptors (Lipinski definition) is 2. The summed E-state index contributed by atoms with van der Waals surface area (Å²) in [6.45, 7) is 1.99. The lowest BCUT2D eigenvalue weighted by Crippen LogP contribution is -2.13. The van der Waals surface area contributed by atoms with Crippen LogP contribution in [0, 0.1) is 12.7 Å². The summed E-state index contributed by atoms with van der Waals surface area (Å²) in [6.07, 6.45) is 2.74. The van der Waals surface area contributed by atoms with Crippen LogP contribution in [0.25, 0.3) is 0 Å². The molecule has 2 N–H and O–H groups in total. The molecule has 1 aromatic heterocycles. The van der Waals surface area contributed by atoms with Crippen molar-refractivity contribution < 1.29 is 4.39 Å². The number of aromatic nitrogens is 1. The smallest absolute Gasteiger partial charge is 0.146 e. The molecule has 0 saturated carbocycles. The third-order valence-electron chi connectivity index (χ3n) is 2.54. The molecule has 1 aromatic carbocycles. The van der Waals surface area contributed by atoms with Crippen molar-refractivity contribution in [2.24, 2.45) is 5.73 Å². The fourth-order valence-electron chi connectivity index (χ4n) is 1.68. The van der Waals surface area contributed by atoms with Crippen molar-refractivity contribution in [3.63, 3.8) is 0 Å². The second kappa shape index (κ2) is 4.41. The molecule has 2 nitrogen and oxygen atoms in total. The van der Waals surface area contributed by atoms with Gasteiger partial charge in [-0.25, -0.2) is 4.39 Å². The number of halogens is 1. The molecule has 0 amide bonds. The summed E-state index contributed by atoms with van der Waals surface area (Å²) in [7, 11) is 0. The molecule has 0 spiro atoms. The lowest BCUT2D eigenvalue weighted by molar-refractivity contribution is 0.593. The number of aryl methyl sites for hydroxylation is 1. The fraction of sp³-hybridized carbons (Fsp3) is 0.154. The molecule has 0 aliphatic carbocycles. The van der Waals surface area contributed by atoms with Crippen molar-refractivity contribution in [2.45, 2.75) is 13.0 Å². The lowest BCUT2D eigenvalue weighted by atomic mass is 9.99. The van der Waals surface area contributed by atoms with Crippen LogP contribution in [-0.4, -0.2) is 4.98 Å². The first kappa shape index (κ1) is 10.8. The van der Waals surface area contributed by atoms with E-state index < -0.39 is 6.04 Å². The van der Waals surface area contributed by atoms with E-state index in [9.17, 15) is 4.39 Å². The van der Waals surface area contributed by atoms with Crippen LogP contribution < -0.4 is 5.73 Å². The zero-order valence-electron chi connectivity index (χ0n) is 9.02. The monoisotopic (exact) mass is 216 g/mol. The maximum absolute atomic E-state index is 13.5. The van der Waals surface area contributed by atoms with Crippen LogP contribution in [0.4, 0.5) is 4.39 Å². The van der Waals surface area contributed by atoms with Crippen LogP contribution in [0.2, 0.25) is 0 Å². The topological polar surface area (TPSA) is 38.9 Å². The number of nitrogens with zero attached hydrogens (tertiary/aromatic N) is 1. The average Bonchev–Trinajstić information content (AvgIpc) is 2.29. The summed E-state index contributed by atoms with van der Waals surface area (Å²) in [5.41, 5.74) is 8.51. The third kappa shape index (κ3) is 2.09. The Morgan fingerprint density at radius 1 is 1.31 bits per heavy atom. The number of rotatable bonds is 2. The molecule has 0 bridgehead atoms. The molecule has 1 atom stereocenters. The van der Waals surface area contributed by atoms with Gasteiger partial charge in [-0.05, 0) is 18.6 Å². The lowest BCUT2D eigenvalue weighted by Gasteiger charge is -2.13. The van der Waals surface area contributed by atoms with Crippen LogP contribution >= 0.6 is 0 Å². The van der Waals surface area contributed by atoms with Gasteiger partial charge in [-0.2, -0.15) is 0 Å². The molecule has 2 rings (SSSR count). The van der Waals surface area contributed by atoms with E-state index in [1.807, 2.05) is 31.2 Å². The Morgan fingerprint density at radius 2 is 2.12 bits per heavy atom. The highest BCUT2D eigenvalue weighted by Crippen LogP contribution is 2.21. The summed E-state index contributed by atoms with van der Waals surface area (Å²) in [5, 5.41) is 0. The van der Waals surface area contributed by atoms with Crippen molar-refractivity contribution in [3.8, 4) is 0 Å². The molecular formula is C13H13FN2. The quantitative estimate of drug-likeness (QED) is 0.838. The standard InChI is InChI=1S/C13H13FN2/c1-9-3-2-4-10(7-9)13(15)11-5-6-16-8-12(11)14/h2-8,13H,15H2,1H3. The van der Waals surface area contributed by atoms with Crippen LogP contribution in [0.1, 0.15) is 22.7 Å². The predicted octanol–water partition coefficient (Wildman–Crippen LogP) is 2.58. The first-order valence-corrected chi connectivity index (χ1v) is 5.10. The first-order chi connectivity index (χ1) is 7.68. The van der Waals surface area contributed by atoms with E-state index in [-0.39, 0.29) is 5.82 Å². The SMILES string of the molecule is Cc1cccc(C(N)c2ccncc2F)c1. The number of nitrogens with two attached hydrogens (primary N) is 1. The van der Waals surface area contributed by atoms with Gasteiger partial charge in [-0.3, -0.25) is 4.98 Å².